The zero-order valence-corrected chi connectivity index (χ0v) is 14.1. The molecule has 0 unspecified atom stereocenters. The van der Waals surface area contributed by atoms with Crippen molar-refractivity contribution in [1.82, 2.24) is 4.98 Å². The van der Waals surface area contributed by atoms with Gasteiger partial charge >= 0.3 is 5.97 Å². The van der Waals surface area contributed by atoms with Crippen molar-refractivity contribution >= 4 is 22.7 Å². The Labute approximate surface area is 149 Å². The van der Waals surface area contributed by atoms with Crippen molar-refractivity contribution < 1.29 is 23.8 Å². The molecular formula is C20H17NO5. The number of Topliss-reactive ketones (excluding diaryl/α,β-unsaturated/α-hetero) is 1. The summed E-state index contributed by atoms with van der Waals surface area (Å²) in [5.41, 5.74) is 1.35. The number of ether oxygens (including phenoxy) is 3. The number of para-hydroxylation sites is 3. The summed E-state index contributed by atoms with van der Waals surface area (Å²) < 4.78 is 16.5. The third-order valence-electron chi connectivity index (χ3n) is 4.29. The molecule has 0 saturated carbocycles. The number of hydrogen-bond donors (Lipinski definition) is 1. The van der Waals surface area contributed by atoms with E-state index in [0.29, 0.717) is 17.1 Å². The Balaban J connectivity index is 1.45. The molecule has 0 amide bonds. The van der Waals surface area contributed by atoms with Gasteiger partial charge < -0.3 is 19.2 Å². The van der Waals surface area contributed by atoms with Crippen molar-refractivity contribution in [3.05, 3.63) is 60.3 Å². The molecule has 2 aromatic carbocycles. The van der Waals surface area contributed by atoms with Crippen LogP contribution in [-0.2, 0) is 9.53 Å². The van der Waals surface area contributed by atoms with Gasteiger partial charge in [-0.05, 0) is 25.1 Å². The van der Waals surface area contributed by atoms with Crippen LogP contribution in [0.1, 0.15) is 17.3 Å². The number of nitrogens with one attached hydrogen (secondary N) is 1. The van der Waals surface area contributed by atoms with Gasteiger partial charge in [-0.3, -0.25) is 4.79 Å². The van der Waals surface area contributed by atoms with Crippen LogP contribution in [0.15, 0.2) is 54.7 Å². The van der Waals surface area contributed by atoms with Crippen LogP contribution in [0.5, 0.6) is 11.5 Å². The van der Waals surface area contributed by atoms with Crippen molar-refractivity contribution in [2.24, 2.45) is 0 Å². The highest BCUT2D eigenvalue weighted by Gasteiger charge is 2.31. The number of rotatable bonds is 4. The van der Waals surface area contributed by atoms with Gasteiger partial charge in [-0.2, -0.15) is 0 Å². The summed E-state index contributed by atoms with van der Waals surface area (Å²) in [7, 11) is 0. The summed E-state index contributed by atoms with van der Waals surface area (Å²) >= 11 is 0. The van der Waals surface area contributed by atoms with Gasteiger partial charge in [0.2, 0.25) is 11.9 Å². The Morgan fingerprint density at radius 3 is 2.69 bits per heavy atom. The molecule has 1 aromatic heterocycles. The average Bonchev–Trinajstić information content (AvgIpc) is 3.11. The molecule has 1 aliphatic rings. The molecule has 4 rings (SSSR count). The van der Waals surface area contributed by atoms with Crippen LogP contribution in [0.4, 0.5) is 0 Å². The topological polar surface area (TPSA) is 77.6 Å². The molecule has 0 radical (unpaired) electrons. The minimum atomic E-state index is -0.928. The van der Waals surface area contributed by atoms with Crippen LogP contribution >= 0.6 is 0 Å². The summed E-state index contributed by atoms with van der Waals surface area (Å²) in [5, 5.41) is 0.798. The van der Waals surface area contributed by atoms with Gasteiger partial charge in [0.25, 0.3) is 0 Å². The second kappa shape index (κ2) is 6.55. The molecular weight excluding hydrogens is 334 g/mol. The summed E-state index contributed by atoms with van der Waals surface area (Å²) in [4.78, 5) is 28.1. The zero-order chi connectivity index (χ0) is 18.1. The molecule has 1 aliphatic heterocycles. The first-order valence-electron chi connectivity index (χ1n) is 8.33. The SMILES string of the molecule is C[C@@H](OC(=O)[C@@H]1COc2ccccc2O1)C(=O)c1c[nH]c2ccccc12. The lowest BCUT2D eigenvalue weighted by Gasteiger charge is -2.25. The number of hydrogen-bond acceptors (Lipinski definition) is 5. The lowest BCUT2D eigenvalue weighted by Crippen LogP contribution is -2.40. The van der Waals surface area contributed by atoms with Crippen molar-refractivity contribution in [2.75, 3.05) is 6.61 Å². The minimum Gasteiger partial charge on any atom is -0.485 e. The highest BCUT2D eigenvalue weighted by atomic mass is 16.6. The Morgan fingerprint density at radius 2 is 1.85 bits per heavy atom. The van der Waals surface area contributed by atoms with E-state index in [1.807, 2.05) is 30.3 Å². The van der Waals surface area contributed by atoms with E-state index in [0.717, 1.165) is 10.9 Å². The van der Waals surface area contributed by atoms with Gasteiger partial charge in [-0.15, -0.1) is 0 Å². The largest absolute Gasteiger partial charge is 0.485 e. The van der Waals surface area contributed by atoms with E-state index in [4.69, 9.17) is 14.2 Å². The molecule has 132 valence electrons. The molecule has 6 nitrogen and oxygen atoms in total. The van der Waals surface area contributed by atoms with Gasteiger partial charge in [-0.1, -0.05) is 30.3 Å². The fourth-order valence-corrected chi connectivity index (χ4v) is 2.93. The quantitative estimate of drug-likeness (QED) is 0.577. The second-order valence-electron chi connectivity index (χ2n) is 6.06. The fraction of sp³-hybridized carbons (Fsp3) is 0.200. The van der Waals surface area contributed by atoms with E-state index in [1.54, 1.807) is 31.3 Å². The molecule has 0 aliphatic carbocycles. The monoisotopic (exact) mass is 351 g/mol. The molecule has 1 N–H and O–H groups in total. The van der Waals surface area contributed by atoms with Gasteiger partial charge in [0, 0.05) is 22.7 Å². The van der Waals surface area contributed by atoms with Crippen LogP contribution in [0, 0.1) is 0 Å². The maximum atomic E-state index is 12.7. The number of H-pyrrole nitrogens is 1. The van der Waals surface area contributed by atoms with Gasteiger partial charge in [0.05, 0.1) is 0 Å². The number of benzene rings is 2. The lowest BCUT2D eigenvalue weighted by molar-refractivity contribution is -0.157. The molecule has 6 heteroatoms. The third-order valence-corrected chi connectivity index (χ3v) is 4.29. The molecule has 0 fully saturated rings. The van der Waals surface area contributed by atoms with Crippen LogP contribution in [0.2, 0.25) is 0 Å². The molecule has 0 spiro atoms. The van der Waals surface area contributed by atoms with E-state index in [9.17, 15) is 9.59 Å². The van der Waals surface area contributed by atoms with Crippen molar-refractivity contribution in [2.45, 2.75) is 19.1 Å². The van der Waals surface area contributed by atoms with Gasteiger partial charge in [0.1, 0.15) is 6.61 Å². The lowest BCUT2D eigenvalue weighted by atomic mass is 10.1. The molecule has 0 bridgehead atoms. The molecule has 26 heavy (non-hydrogen) atoms. The zero-order valence-electron chi connectivity index (χ0n) is 14.1. The number of ketones is 1. The standard InChI is InChI=1S/C20H17NO5/c1-12(19(22)14-10-21-15-7-3-2-6-13(14)15)25-20(23)18-11-24-16-8-4-5-9-17(16)26-18/h2-10,12,18,21H,11H2,1H3/t12-,18+/m1/s1. The summed E-state index contributed by atoms with van der Waals surface area (Å²) in [6.45, 7) is 1.60. The van der Waals surface area contributed by atoms with Crippen molar-refractivity contribution in [1.29, 1.82) is 0 Å². The molecule has 2 atom stereocenters. The van der Waals surface area contributed by atoms with E-state index in [1.165, 1.54) is 0 Å². The van der Waals surface area contributed by atoms with Gasteiger partial charge in [0.15, 0.2) is 17.6 Å². The maximum absolute atomic E-state index is 12.7. The van der Waals surface area contributed by atoms with Crippen molar-refractivity contribution in [3.8, 4) is 11.5 Å². The van der Waals surface area contributed by atoms with E-state index >= 15 is 0 Å². The Hall–Kier alpha value is -3.28. The molecule has 0 saturated heterocycles. The molecule has 2 heterocycles. The smallest absolute Gasteiger partial charge is 0.351 e. The summed E-state index contributed by atoms with van der Waals surface area (Å²) in [6.07, 6.45) is -0.195. The Bertz CT molecular complexity index is 977. The number of aromatic amines is 1. The van der Waals surface area contributed by atoms with E-state index < -0.39 is 18.2 Å². The van der Waals surface area contributed by atoms with Crippen LogP contribution in [-0.4, -0.2) is 35.6 Å². The number of carbonyl (C=O) groups is 2. The first-order valence-corrected chi connectivity index (χ1v) is 8.33. The predicted molar refractivity (Wildman–Crippen MR) is 94.5 cm³/mol. The van der Waals surface area contributed by atoms with E-state index in [2.05, 4.69) is 4.98 Å². The first-order chi connectivity index (χ1) is 12.6. The van der Waals surface area contributed by atoms with Crippen LogP contribution < -0.4 is 9.47 Å². The van der Waals surface area contributed by atoms with Crippen LogP contribution in [0.3, 0.4) is 0 Å². The highest BCUT2D eigenvalue weighted by molar-refractivity contribution is 6.10. The van der Waals surface area contributed by atoms with Crippen LogP contribution in [0.25, 0.3) is 10.9 Å². The normalized spacial score (nSPS) is 16.9. The maximum Gasteiger partial charge on any atom is 0.351 e. The summed E-state index contributed by atoms with van der Waals surface area (Å²) in [5.74, 6) is 0.170. The van der Waals surface area contributed by atoms with Gasteiger partial charge in [-0.25, -0.2) is 4.79 Å². The first kappa shape index (κ1) is 16.2. The minimum absolute atomic E-state index is 0.0455. The number of fused-ring (bicyclic) bond motifs is 2. The average molecular weight is 351 g/mol. The van der Waals surface area contributed by atoms with Crippen molar-refractivity contribution in [3.63, 3.8) is 0 Å². The Morgan fingerprint density at radius 1 is 1.12 bits per heavy atom. The summed E-state index contributed by atoms with van der Waals surface area (Å²) in [6, 6.07) is 14.6. The third kappa shape index (κ3) is 2.90. The number of aromatic nitrogens is 1. The van der Waals surface area contributed by atoms with E-state index in [-0.39, 0.29) is 12.4 Å². The number of carbonyl (C=O) groups excluding carboxylic acids is 2. The molecule has 3 aromatic rings. The number of esters is 1. The predicted octanol–water partition coefficient (Wildman–Crippen LogP) is 3.12. The highest BCUT2D eigenvalue weighted by Crippen LogP contribution is 2.31. The fourth-order valence-electron chi connectivity index (χ4n) is 2.93. The Kier molecular flexibility index (Phi) is 4.08. The second-order valence-corrected chi connectivity index (χ2v) is 6.06.